The number of H-pyrrole nitrogens is 2. The number of rotatable bonds is 5. The predicted molar refractivity (Wildman–Crippen MR) is 107 cm³/mol. The highest BCUT2D eigenvalue weighted by molar-refractivity contribution is 5.57. The van der Waals surface area contributed by atoms with Crippen molar-refractivity contribution in [3.8, 4) is 5.88 Å². The van der Waals surface area contributed by atoms with E-state index in [1.807, 2.05) is 0 Å². The molecule has 9 nitrogen and oxygen atoms in total. The Labute approximate surface area is 168 Å². The van der Waals surface area contributed by atoms with Crippen molar-refractivity contribution >= 4 is 17.5 Å². The molecule has 1 aliphatic rings. The molecular formula is C20H18FN7O2. The van der Waals surface area contributed by atoms with Crippen molar-refractivity contribution in [2.45, 2.75) is 25.4 Å². The van der Waals surface area contributed by atoms with E-state index in [1.165, 1.54) is 6.07 Å². The number of nitrogens with zero attached hydrogens (tertiary/aromatic N) is 4. The summed E-state index contributed by atoms with van der Waals surface area (Å²) in [7, 11) is 0. The monoisotopic (exact) mass is 407 g/mol. The summed E-state index contributed by atoms with van der Waals surface area (Å²) in [4.78, 5) is 25.5. The van der Waals surface area contributed by atoms with Gasteiger partial charge in [0.05, 0.1) is 12.2 Å². The van der Waals surface area contributed by atoms with Gasteiger partial charge in [0.25, 0.3) is 0 Å². The number of anilines is 1. The van der Waals surface area contributed by atoms with Crippen LogP contribution < -0.4 is 21.7 Å². The molecule has 30 heavy (non-hydrogen) atoms. The second kappa shape index (κ2) is 7.14. The van der Waals surface area contributed by atoms with Crippen LogP contribution in [0.5, 0.6) is 5.88 Å². The van der Waals surface area contributed by atoms with E-state index in [4.69, 9.17) is 4.99 Å². The van der Waals surface area contributed by atoms with Gasteiger partial charge in [-0.05, 0) is 25.0 Å². The van der Waals surface area contributed by atoms with Gasteiger partial charge in [-0.25, -0.2) is 14.2 Å². The van der Waals surface area contributed by atoms with E-state index in [0.717, 1.165) is 12.8 Å². The molecule has 0 bridgehead atoms. The topological polar surface area (TPSA) is 123 Å². The highest BCUT2D eigenvalue weighted by Crippen LogP contribution is 2.22. The van der Waals surface area contributed by atoms with Crippen LogP contribution >= 0.6 is 0 Å². The fourth-order valence-electron chi connectivity index (χ4n) is 3.11. The first-order valence-corrected chi connectivity index (χ1v) is 9.50. The van der Waals surface area contributed by atoms with E-state index in [1.54, 1.807) is 41.1 Å². The smallest absolute Gasteiger partial charge is 0.326 e. The number of aromatic amines is 2. The van der Waals surface area contributed by atoms with E-state index in [2.05, 4.69) is 25.4 Å². The minimum atomic E-state index is -0.514. The zero-order valence-electron chi connectivity index (χ0n) is 15.8. The molecule has 3 aromatic heterocycles. The van der Waals surface area contributed by atoms with E-state index >= 15 is 0 Å². The number of hydrogen-bond donors (Lipinski definition) is 4. The Balaban J connectivity index is 1.60. The zero-order valence-corrected chi connectivity index (χ0v) is 15.8. The van der Waals surface area contributed by atoms with Crippen molar-refractivity contribution in [3.05, 3.63) is 74.8 Å². The first-order chi connectivity index (χ1) is 14.6. The first kappa shape index (κ1) is 18.1. The van der Waals surface area contributed by atoms with Gasteiger partial charge in [-0.1, -0.05) is 18.2 Å². The van der Waals surface area contributed by atoms with Gasteiger partial charge in [-0.15, -0.1) is 0 Å². The second-order valence-electron chi connectivity index (χ2n) is 7.13. The molecule has 1 aliphatic carbocycles. The van der Waals surface area contributed by atoms with Crippen LogP contribution in [-0.2, 0) is 6.54 Å². The van der Waals surface area contributed by atoms with Crippen LogP contribution in [0, 0.1) is 5.82 Å². The summed E-state index contributed by atoms with van der Waals surface area (Å²) in [5.41, 5.74) is 1.36. The van der Waals surface area contributed by atoms with Crippen LogP contribution in [0.1, 0.15) is 24.1 Å². The van der Waals surface area contributed by atoms with E-state index < -0.39 is 5.69 Å². The number of hydrogen-bond acceptors (Lipinski definition) is 6. The Hall–Kier alpha value is -3.95. The molecule has 0 atom stereocenters. The van der Waals surface area contributed by atoms with Gasteiger partial charge in [-0.2, -0.15) is 9.61 Å². The Kier molecular flexibility index (Phi) is 4.31. The molecule has 1 saturated carbocycles. The average molecular weight is 407 g/mol. The molecule has 5 rings (SSSR count). The zero-order chi connectivity index (χ0) is 20.7. The number of benzene rings is 1. The third-order valence-corrected chi connectivity index (χ3v) is 4.79. The molecule has 3 heterocycles. The van der Waals surface area contributed by atoms with Gasteiger partial charge >= 0.3 is 5.69 Å². The Bertz CT molecular complexity index is 1420. The number of halogens is 1. The highest BCUT2D eigenvalue weighted by Gasteiger charge is 2.20. The molecule has 1 aromatic carbocycles. The lowest BCUT2D eigenvalue weighted by Crippen LogP contribution is -2.20. The highest BCUT2D eigenvalue weighted by atomic mass is 19.1. The Morgan fingerprint density at radius 3 is 2.90 bits per heavy atom. The van der Waals surface area contributed by atoms with Crippen molar-refractivity contribution in [1.82, 2.24) is 24.6 Å². The maximum absolute atomic E-state index is 13.9. The average Bonchev–Trinajstić information content (AvgIpc) is 3.36. The number of fused-ring (bicyclic) bond motifs is 1. The van der Waals surface area contributed by atoms with Crippen LogP contribution in [0.4, 0.5) is 10.2 Å². The predicted octanol–water partition coefficient (Wildman–Crippen LogP) is 0.813. The quantitative estimate of drug-likeness (QED) is 0.390. The molecule has 0 amide bonds. The van der Waals surface area contributed by atoms with Crippen molar-refractivity contribution in [1.29, 1.82) is 0 Å². The minimum absolute atomic E-state index is 0.224. The minimum Gasteiger partial charge on any atom is -0.493 e. The summed E-state index contributed by atoms with van der Waals surface area (Å²) >= 11 is 0. The third-order valence-electron chi connectivity index (χ3n) is 4.79. The van der Waals surface area contributed by atoms with E-state index in [-0.39, 0.29) is 30.0 Å². The number of imidazole rings is 1. The standard InChI is InChI=1S/C20H18FN7O2/c21-14-4-2-1-3-11(14)9-22-16-8-17(24-13-5-6-13)28-18(26-16)12(10-23-28)7-15-19(29)27-20(30)25-15/h1-4,7-8,10,13,22,29H,5-6,9H2,(H2,25,27,30)/b12-7+,24-17?. The SMILES string of the molecule is O=c1[nH]c(O)c(/C=c2\cnn3c(=NC4CC4)cc(NCc4ccccc4F)nc23)[nH]1. The van der Waals surface area contributed by atoms with Crippen molar-refractivity contribution in [2.24, 2.45) is 4.99 Å². The van der Waals surface area contributed by atoms with Crippen LogP contribution in [0.2, 0.25) is 0 Å². The molecule has 0 radical (unpaired) electrons. The maximum atomic E-state index is 13.9. The van der Waals surface area contributed by atoms with Crippen molar-refractivity contribution in [2.75, 3.05) is 5.32 Å². The van der Waals surface area contributed by atoms with Crippen LogP contribution in [0.3, 0.4) is 0 Å². The van der Waals surface area contributed by atoms with Gasteiger partial charge in [0.1, 0.15) is 17.3 Å². The fourth-order valence-corrected chi connectivity index (χ4v) is 3.11. The van der Waals surface area contributed by atoms with Gasteiger partial charge in [0.15, 0.2) is 11.1 Å². The van der Waals surface area contributed by atoms with Gasteiger partial charge < -0.3 is 15.4 Å². The maximum Gasteiger partial charge on any atom is 0.326 e. The molecule has 4 N–H and O–H groups in total. The number of aromatic nitrogens is 5. The summed E-state index contributed by atoms with van der Waals surface area (Å²) in [6.07, 6.45) is 5.21. The summed E-state index contributed by atoms with van der Waals surface area (Å²) in [6.45, 7) is 0.262. The number of nitrogens with one attached hydrogen (secondary N) is 3. The van der Waals surface area contributed by atoms with Crippen LogP contribution in [0.25, 0.3) is 11.7 Å². The normalized spacial score (nSPS) is 15.2. The summed E-state index contributed by atoms with van der Waals surface area (Å²) in [5, 5.41) is 17.9. The van der Waals surface area contributed by atoms with Crippen molar-refractivity contribution < 1.29 is 9.50 Å². The van der Waals surface area contributed by atoms with E-state index in [9.17, 15) is 14.3 Å². The Morgan fingerprint density at radius 1 is 1.33 bits per heavy atom. The number of aromatic hydroxyl groups is 1. The molecule has 0 saturated heterocycles. The molecule has 152 valence electrons. The van der Waals surface area contributed by atoms with Crippen LogP contribution in [0.15, 0.2) is 46.3 Å². The second-order valence-corrected chi connectivity index (χ2v) is 7.13. The Morgan fingerprint density at radius 2 is 2.17 bits per heavy atom. The summed E-state index contributed by atoms with van der Waals surface area (Å²) < 4.78 is 15.6. The summed E-state index contributed by atoms with van der Waals surface area (Å²) in [6, 6.07) is 8.58. The molecule has 10 heteroatoms. The first-order valence-electron chi connectivity index (χ1n) is 9.50. The third kappa shape index (κ3) is 3.54. The molecule has 1 fully saturated rings. The van der Waals surface area contributed by atoms with Gasteiger partial charge in [0, 0.05) is 23.4 Å². The molecule has 0 unspecified atom stereocenters. The largest absolute Gasteiger partial charge is 0.493 e. The lowest BCUT2D eigenvalue weighted by atomic mass is 10.2. The molecular weight excluding hydrogens is 389 g/mol. The molecule has 0 aliphatic heterocycles. The molecule has 4 aromatic rings. The van der Waals surface area contributed by atoms with Gasteiger partial charge in [-0.3, -0.25) is 9.98 Å². The molecule has 0 spiro atoms. The van der Waals surface area contributed by atoms with Crippen LogP contribution in [-0.4, -0.2) is 35.7 Å². The van der Waals surface area contributed by atoms with E-state index in [0.29, 0.717) is 27.7 Å². The van der Waals surface area contributed by atoms with Crippen molar-refractivity contribution in [3.63, 3.8) is 0 Å². The lowest BCUT2D eigenvalue weighted by molar-refractivity contribution is 0.454. The lowest BCUT2D eigenvalue weighted by Gasteiger charge is -2.07. The van der Waals surface area contributed by atoms with Gasteiger partial charge in [0.2, 0.25) is 5.88 Å². The summed E-state index contributed by atoms with van der Waals surface area (Å²) in [5.74, 6) is -0.0395. The fraction of sp³-hybridized carbons (Fsp3) is 0.200.